The van der Waals surface area contributed by atoms with Crippen LogP contribution in [0.1, 0.15) is 10.4 Å². The highest BCUT2D eigenvalue weighted by atomic mass is 32.2. The molecule has 18 heavy (non-hydrogen) atoms. The fraction of sp³-hybridized carbons (Fsp3) is 0. The summed E-state index contributed by atoms with van der Waals surface area (Å²) in [5, 5.41) is 9.07. The van der Waals surface area contributed by atoms with Gasteiger partial charge in [-0.1, -0.05) is 11.8 Å². The Hall–Kier alpha value is -1.95. The maximum atomic E-state index is 13.4. The third kappa shape index (κ3) is 2.65. The van der Waals surface area contributed by atoms with Crippen LogP contribution in [-0.2, 0) is 0 Å². The van der Waals surface area contributed by atoms with Gasteiger partial charge in [-0.25, -0.2) is 18.6 Å². The monoisotopic (exact) mass is 267 g/mol. The summed E-state index contributed by atoms with van der Waals surface area (Å²) in [4.78, 5) is 14.8. The maximum Gasteiger partial charge on any atom is 0.338 e. The molecular formula is C12H7F2NO2S. The van der Waals surface area contributed by atoms with Crippen molar-refractivity contribution in [1.29, 1.82) is 0 Å². The largest absolute Gasteiger partial charge is 0.478 e. The molecule has 0 radical (unpaired) electrons. The van der Waals surface area contributed by atoms with Crippen LogP contribution in [0.15, 0.2) is 46.5 Å². The first kappa shape index (κ1) is 12.5. The number of carboxylic acids is 1. The van der Waals surface area contributed by atoms with Crippen molar-refractivity contribution in [1.82, 2.24) is 4.98 Å². The molecule has 6 heteroatoms. The summed E-state index contributed by atoms with van der Waals surface area (Å²) in [6, 6.07) is 5.81. The van der Waals surface area contributed by atoms with Crippen LogP contribution in [0, 0.1) is 11.6 Å². The van der Waals surface area contributed by atoms with E-state index in [2.05, 4.69) is 4.98 Å². The van der Waals surface area contributed by atoms with E-state index in [9.17, 15) is 13.6 Å². The normalized spacial score (nSPS) is 10.3. The number of pyridine rings is 1. The average molecular weight is 267 g/mol. The second-order valence-corrected chi connectivity index (χ2v) is 4.37. The highest BCUT2D eigenvalue weighted by Crippen LogP contribution is 2.31. The van der Waals surface area contributed by atoms with E-state index in [0.717, 1.165) is 30.0 Å². The number of hydrogen-bond acceptors (Lipinski definition) is 3. The molecule has 0 aliphatic carbocycles. The molecule has 0 unspecified atom stereocenters. The van der Waals surface area contributed by atoms with Gasteiger partial charge in [-0.3, -0.25) is 0 Å². The number of halogens is 2. The quantitative estimate of drug-likeness (QED) is 0.927. The Labute approximate surface area is 105 Å². The molecule has 3 nitrogen and oxygen atoms in total. The summed E-state index contributed by atoms with van der Waals surface area (Å²) >= 11 is 0.776. The maximum absolute atomic E-state index is 13.4. The van der Waals surface area contributed by atoms with Gasteiger partial charge in [-0.2, -0.15) is 0 Å². The number of nitrogens with zero attached hydrogens (tertiary/aromatic N) is 1. The first-order valence-electron chi connectivity index (χ1n) is 4.89. The lowest BCUT2D eigenvalue weighted by molar-refractivity contribution is 0.0692. The Bertz CT molecular complexity index is 604. The van der Waals surface area contributed by atoms with Crippen molar-refractivity contribution in [2.75, 3.05) is 0 Å². The molecule has 1 heterocycles. The molecule has 0 spiro atoms. The van der Waals surface area contributed by atoms with E-state index in [-0.39, 0.29) is 15.5 Å². The van der Waals surface area contributed by atoms with Crippen LogP contribution in [0.5, 0.6) is 0 Å². The molecule has 0 saturated carbocycles. The first-order valence-corrected chi connectivity index (χ1v) is 5.71. The van der Waals surface area contributed by atoms with Gasteiger partial charge in [0.1, 0.15) is 16.7 Å². The van der Waals surface area contributed by atoms with Gasteiger partial charge in [0.15, 0.2) is 0 Å². The molecule has 0 aliphatic heterocycles. The van der Waals surface area contributed by atoms with Gasteiger partial charge < -0.3 is 5.11 Å². The van der Waals surface area contributed by atoms with Gasteiger partial charge in [-0.15, -0.1) is 0 Å². The third-order valence-electron chi connectivity index (χ3n) is 2.10. The number of aromatic nitrogens is 1. The van der Waals surface area contributed by atoms with Crippen molar-refractivity contribution in [2.24, 2.45) is 0 Å². The standard InChI is InChI=1S/C12H7F2NO2S/c13-7-3-4-9(14)10(6-7)18-11-8(12(16)17)2-1-5-15-11/h1-6H,(H,16,17). The van der Waals surface area contributed by atoms with E-state index in [4.69, 9.17) is 5.11 Å². The molecule has 0 saturated heterocycles. The van der Waals surface area contributed by atoms with Crippen molar-refractivity contribution in [3.05, 3.63) is 53.7 Å². The molecule has 0 atom stereocenters. The Morgan fingerprint density at radius 3 is 2.78 bits per heavy atom. The lowest BCUT2D eigenvalue weighted by atomic mass is 10.3. The summed E-state index contributed by atoms with van der Waals surface area (Å²) in [6.45, 7) is 0. The minimum Gasteiger partial charge on any atom is -0.478 e. The Morgan fingerprint density at radius 2 is 2.06 bits per heavy atom. The number of aromatic carboxylic acids is 1. The molecule has 1 aromatic heterocycles. The van der Waals surface area contributed by atoms with Crippen molar-refractivity contribution in [2.45, 2.75) is 9.92 Å². The van der Waals surface area contributed by atoms with E-state index in [1.54, 1.807) is 0 Å². The fourth-order valence-electron chi connectivity index (χ4n) is 1.29. The van der Waals surface area contributed by atoms with Gasteiger partial charge in [0, 0.05) is 6.20 Å². The molecule has 1 aromatic carbocycles. The topological polar surface area (TPSA) is 50.2 Å². The lowest BCUT2D eigenvalue weighted by Crippen LogP contribution is -2.00. The minimum atomic E-state index is -1.16. The zero-order valence-electron chi connectivity index (χ0n) is 8.93. The molecule has 2 rings (SSSR count). The van der Waals surface area contributed by atoms with Gasteiger partial charge in [0.25, 0.3) is 0 Å². The van der Waals surface area contributed by atoms with Crippen LogP contribution in [0.3, 0.4) is 0 Å². The molecule has 0 aliphatic rings. The van der Waals surface area contributed by atoms with E-state index in [0.29, 0.717) is 0 Å². The zero-order chi connectivity index (χ0) is 13.1. The molecular weight excluding hydrogens is 260 g/mol. The van der Waals surface area contributed by atoms with Crippen molar-refractivity contribution in [3.8, 4) is 0 Å². The third-order valence-corrected chi connectivity index (χ3v) is 3.15. The highest BCUT2D eigenvalue weighted by molar-refractivity contribution is 7.99. The summed E-state index contributed by atoms with van der Waals surface area (Å²) in [5.74, 6) is -2.38. The molecule has 2 aromatic rings. The predicted molar refractivity (Wildman–Crippen MR) is 61.7 cm³/mol. The Kier molecular flexibility index (Phi) is 3.57. The van der Waals surface area contributed by atoms with E-state index in [1.165, 1.54) is 18.3 Å². The minimum absolute atomic E-state index is 0.00352. The molecule has 92 valence electrons. The number of rotatable bonds is 3. The summed E-state index contributed by atoms with van der Waals surface area (Å²) in [7, 11) is 0. The number of hydrogen-bond donors (Lipinski definition) is 1. The smallest absolute Gasteiger partial charge is 0.338 e. The zero-order valence-corrected chi connectivity index (χ0v) is 9.75. The molecule has 0 bridgehead atoms. The number of benzene rings is 1. The Morgan fingerprint density at radius 1 is 1.28 bits per heavy atom. The SMILES string of the molecule is O=C(O)c1cccnc1Sc1cc(F)ccc1F. The van der Waals surface area contributed by atoms with Gasteiger partial charge >= 0.3 is 5.97 Å². The lowest BCUT2D eigenvalue weighted by Gasteiger charge is -2.05. The van der Waals surface area contributed by atoms with Crippen LogP contribution in [0.2, 0.25) is 0 Å². The van der Waals surface area contributed by atoms with Crippen molar-refractivity contribution < 1.29 is 18.7 Å². The molecule has 1 N–H and O–H groups in total. The number of carboxylic acid groups (broad SMARTS) is 1. The van der Waals surface area contributed by atoms with Crippen LogP contribution in [0.25, 0.3) is 0 Å². The predicted octanol–water partition coefficient (Wildman–Crippen LogP) is 3.21. The molecule has 0 fully saturated rings. The second-order valence-electron chi connectivity index (χ2n) is 3.34. The van der Waals surface area contributed by atoms with E-state index >= 15 is 0 Å². The van der Waals surface area contributed by atoms with Crippen LogP contribution >= 0.6 is 11.8 Å². The summed E-state index contributed by atoms with van der Waals surface area (Å²) < 4.78 is 26.4. The summed E-state index contributed by atoms with van der Waals surface area (Å²) in [6.07, 6.45) is 1.39. The van der Waals surface area contributed by atoms with Gasteiger partial charge in [0.2, 0.25) is 0 Å². The second kappa shape index (κ2) is 5.14. The van der Waals surface area contributed by atoms with Gasteiger partial charge in [-0.05, 0) is 30.3 Å². The summed E-state index contributed by atoms with van der Waals surface area (Å²) in [5.41, 5.74) is -0.0499. The Balaban J connectivity index is 2.40. The van der Waals surface area contributed by atoms with Gasteiger partial charge in [0.05, 0.1) is 10.5 Å². The van der Waals surface area contributed by atoms with Crippen LogP contribution in [0.4, 0.5) is 8.78 Å². The van der Waals surface area contributed by atoms with E-state index < -0.39 is 17.6 Å². The number of carbonyl (C=O) groups is 1. The average Bonchev–Trinajstić information content (AvgIpc) is 2.34. The van der Waals surface area contributed by atoms with E-state index in [1.807, 2.05) is 0 Å². The van der Waals surface area contributed by atoms with Crippen LogP contribution < -0.4 is 0 Å². The fourth-order valence-corrected chi connectivity index (χ4v) is 2.22. The van der Waals surface area contributed by atoms with Crippen molar-refractivity contribution in [3.63, 3.8) is 0 Å². The van der Waals surface area contributed by atoms with Crippen LogP contribution in [-0.4, -0.2) is 16.1 Å². The highest BCUT2D eigenvalue weighted by Gasteiger charge is 2.14. The van der Waals surface area contributed by atoms with Crippen molar-refractivity contribution >= 4 is 17.7 Å². The first-order chi connectivity index (χ1) is 8.58. The molecule has 0 amide bonds.